The molecule has 6 nitrogen and oxygen atoms in total. The van der Waals surface area contributed by atoms with Crippen LogP contribution < -0.4 is 15.6 Å². The monoisotopic (exact) mass is 406 g/mol. The fourth-order valence-corrected chi connectivity index (χ4v) is 3.02. The van der Waals surface area contributed by atoms with Crippen LogP contribution in [0.25, 0.3) is 11.0 Å². The molecule has 0 spiro atoms. The number of hydrogen-bond acceptors (Lipinski definition) is 5. The van der Waals surface area contributed by atoms with Crippen molar-refractivity contribution in [2.24, 2.45) is 4.99 Å². The van der Waals surface area contributed by atoms with Crippen LogP contribution in [0.5, 0.6) is 5.75 Å². The molecule has 2 aromatic heterocycles. The first kappa shape index (κ1) is 19.4. The molecule has 0 radical (unpaired) electrons. The zero-order valence-electron chi connectivity index (χ0n) is 16.4. The Morgan fingerprint density at radius 3 is 2.77 bits per heavy atom. The third-order valence-electron chi connectivity index (χ3n) is 4.53. The maximum atomic E-state index is 14.4. The molecular weight excluding hydrogens is 387 g/mol. The highest BCUT2D eigenvalue weighted by Gasteiger charge is 2.15. The van der Waals surface area contributed by atoms with Crippen molar-refractivity contribution >= 4 is 22.6 Å². The van der Waals surface area contributed by atoms with Crippen molar-refractivity contribution in [1.29, 1.82) is 0 Å². The van der Waals surface area contributed by atoms with Gasteiger partial charge in [-0.25, -0.2) is 9.38 Å². The molecule has 0 aliphatic rings. The number of hydrogen-bond donors (Lipinski definition) is 1. The average molecular weight is 406 g/mol. The first-order valence-electron chi connectivity index (χ1n) is 9.27. The number of ether oxygens (including phenoxy) is 1. The van der Waals surface area contributed by atoms with Crippen LogP contribution in [0.4, 0.5) is 10.1 Å². The third kappa shape index (κ3) is 3.96. The number of para-hydroxylation sites is 1. The number of furan rings is 1. The zero-order chi connectivity index (χ0) is 21.1. The first-order chi connectivity index (χ1) is 14.5. The molecular formula is C23H19FN2O4. The Labute approximate surface area is 171 Å². The summed E-state index contributed by atoms with van der Waals surface area (Å²) in [6.07, 6.45) is 1.53. The Morgan fingerprint density at radius 1 is 1.17 bits per heavy atom. The molecule has 1 amide bonds. The van der Waals surface area contributed by atoms with Gasteiger partial charge in [0.1, 0.15) is 22.8 Å². The summed E-state index contributed by atoms with van der Waals surface area (Å²) in [7, 11) is 1.52. The maximum absolute atomic E-state index is 14.4. The lowest BCUT2D eigenvalue weighted by molar-refractivity contribution is 0.0944. The van der Waals surface area contributed by atoms with Gasteiger partial charge in [0, 0.05) is 5.39 Å². The number of fused-ring (bicyclic) bond motifs is 1. The van der Waals surface area contributed by atoms with Crippen molar-refractivity contribution in [1.82, 2.24) is 5.32 Å². The summed E-state index contributed by atoms with van der Waals surface area (Å²) in [5, 5.41) is 3.42. The Hall–Kier alpha value is -3.87. The molecule has 0 saturated carbocycles. The lowest BCUT2D eigenvalue weighted by Gasteiger charge is -2.08. The number of aryl methyl sites for hydroxylation is 1. The highest BCUT2D eigenvalue weighted by atomic mass is 19.1. The Kier molecular flexibility index (Phi) is 5.34. The molecule has 0 aliphatic heterocycles. The topological polar surface area (TPSA) is 77.0 Å². The summed E-state index contributed by atoms with van der Waals surface area (Å²) in [6, 6.07) is 15.1. The normalized spacial score (nSPS) is 11.6. The van der Waals surface area contributed by atoms with Crippen molar-refractivity contribution in [2.75, 3.05) is 7.11 Å². The minimum atomic E-state index is -0.507. The van der Waals surface area contributed by atoms with E-state index in [2.05, 4.69) is 10.3 Å². The van der Waals surface area contributed by atoms with Gasteiger partial charge in [-0.3, -0.25) is 4.79 Å². The van der Waals surface area contributed by atoms with Crippen molar-refractivity contribution < 1.29 is 22.8 Å². The van der Waals surface area contributed by atoms with Crippen LogP contribution in [0.1, 0.15) is 21.7 Å². The Bertz CT molecular complexity index is 1280. The summed E-state index contributed by atoms with van der Waals surface area (Å²) in [4.78, 5) is 17.2. The van der Waals surface area contributed by atoms with E-state index >= 15 is 0 Å². The summed E-state index contributed by atoms with van der Waals surface area (Å²) in [5.74, 6) is 0.153. The number of methoxy groups -OCH3 is 1. The molecule has 1 N–H and O–H groups in total. The number of nitrogens with one attached hydrogen (secondary N) is 1. The third-order valence-corrected chi connectivity index (χ3v) is 4.53. The van der Waals surface area contributed by atoms with Crippen molar-refractivity contribution in [3.05, 3.63) is 89.1 Å². The molecule has 4 rings (SSSR count). The standard InChI is InChI=1S/C23H19FN2O4/c1-14-8-9-19(18(24)11-14)26-23-17(22(27)25-13-16-6-4-10-29-16)12-15-5-3-7-20(28-2)21(15)30-23/h3-12H,13H2,1-2H3,(H,25,27). The van der Waals surface area contributed by atoms with Gasteiger partial charge in [0.15, 0.2) is 11.3 Å². The van der Waals surface area contributed by atoms with Gasteiger partial charge in [0.25, 0.3) is 5.91 Å². The summed E-state index contributed by atoms with van der Waals surface area (Å²) in [5.41, 5.74) is 1.39. The molecule has 0 atom stereocenters. The minimum Gasteiger partial charge on any atom is -0.493 e. The van der Waals surface area contributed by atoms with Gasteiger partial charge in [-0.05, 0) is 48.9 Å². The molecule has 2 aromatic carbocycles. The van der Waals surface area contributed by atoms with Crippen LogP contribution in [0.15, 0.2) is 74.7 Å². The highest BCUT2D eigenvalue weighted by molar-refractivity contribution is 5.97. The molecule has 2 heterocycles. The number of carbonyl (C=O) groups is 1. The van der Waals surface area contributed by atoms with E-state index in [-0.39, 0.29) is 23.3 Å². The van der Waals surface area contributed by atoms with E-state index < -0.39 is 11.7 Å². The largest absolute Gasteiger partial charge is 0.493 e. The number of rotatable bonds is 5. The number of amides is 1. The smallest absolute Gasteiger partial charge is 0.257 e. The molecule has 0 unspecified atom stereocenters. The summed E-state index contributed by atoms with van der Waals surface area (Å²) >= 11 is 0. The SMILES string of the molecule is COc1cccc2cc(C(=O)NCc3ccco3)c(=Nc3ccc(C)cc3F)oc12. The maximum Gasteiger partial charge on any atom is 0.257 e. The number of halogens is 1. The zero-order valence-corrected chi connectivity index (χ0v) is 16.4. The molecule has 7 heteroatoms. The molecule has 152 valence electrons. The van der Waals surface area contributed by atoms with Crippen LogP contribution in [-0.2, 0) is 6.54 Å². The number of benzene rings is 2. The van der Waals surface area contributed by atoms with E-state index in [1.807, 2.05) is 0 Å². The van der Waals surface area contributed by atoms with E-state index in [1.165, 1.54) is 25.5 Å². The Balaban J connectivity index is 1.85. The molecule has 0 bridgehead atoms. The molecule has 0 saturated heterocycles. The van der Waals surface area contributed by atoms with Crippen molar-refractivity contribution in [3.63, 3.8) is 0 Å². The predicted octanol–water partition coefficient (Wildman–Crippen LogP) is 4.64. The average Bonchev–Trinajstić information content (AvgIpc) is 3.26. The quantitative estimate of drug-likeness (QED) is 0.524. The van der Waals surface area contributed by atoms with Gasteiger partial charge in [0.2, 0.25) is 5.55 Å². The second-order valence-corrected chi connectivity index (χ2v) is 6.67. The fourth-order valence-electron chi connectivity index (χ4n) is 3.02. The van der Waals surface area contributed by atoms with Gasteiger partial charge >= 0.3 is 0 Å². The van der Waals surface area contributed by atoms with E-state index in [4.69, 9.17) is 13.6 Å². The lowest BCUT2D eigenvalue weighted by Crippen LogP contribution is -2.28. The minimum absolute atomic E-state index is 0.0216. The highest BCUT2D eigenvalue weighted by Crippen LogP contribution is 2.25. The van der Waals surface area contributed by atoms with Crippen LogP contribution in [0.3, 0.4) is 0 Å². The van der Waals surface area contributed by atoms with Crippen LogP contribution >= 0.6 is 0 Å². The van der Waals surface area contributed by atoms with E-state index in [9.17, 15) is 9.18 Å². The van der Waals surface area contributed by atoms with E-state index in [0.717, 1.165) is 5.56 Å². The van der Waals surface area contributed by atoms with Gasteiger partial charge in [0.05, 0.1) is 19.9 Å². The summed E-state index contributed by atoms with van der Waals surface area (Å²) < 4.78 is 30.9. The van der Waals surface area contributed by atoms with E-state index in [1.54, 1.807) is 49.4 Å². The second kappa shape index (κ2) is 8.24. The predicted molar refractivity (Wildman–Crippen MR) is 109 cm³/mol. The van der Waals surface area contributed by atoms with Crippen molar-refractivity contribution in [3.8, 4) is 5.75 Å². The second-order valence-electron chi connectivity index (χ2n) is 6.67. The molecule has 30 heavy (non-hydrogen) atoms. The number of carbonyl (C=O) groups excluding carboxylic acids is 1. The Morgan fingerprint density at radius 2 is 2.03 bits per heavy atom. The molecule has 4 aromatic rings. The van der Waals surface area contributed by atoms with Crippen LogP contribution in [-0.4, -0.2) is 13.0 Å². The van der Waals surface area contributed by atoms with Crippen molar-refractivity contribution in [2.45, 2.75) is 13.5 Å². The van der Waals surface area contributed by atoms with Gasteiger partial charge in [-0.1, -0.05) is 18.2 Å². The van der Waals surface area contributed by atoms with Crippen LogP contribution in [0, 0.1) is 12.7 Å². The van der Waals surface area contributed by atoms with Gasteiger partial charge in [-0.15, -0.1) is 0 Å². The summed E-state index contributed by atoms with van der Waals surface area (Å²) in [6.45, 7) is 1.98. The van der Waals surface area contributed by atoms with Gasteiger partial charge in [-0.2, -0.15) is 0 Å². The molecule has 0 aliphatic carbocycles. The van der Waals surface area contributed by atoms with Crippen LogP contribution in [0.2, 0.25) is 0 Å². The first-order valence-corrected chi connectivity index (χ1v) is 9.27. The fraction of sp³-hybridized carbons (Fsp3) is 0.130. The molecule has 0 fully saturated rings. The lowest BCUT2D eigenvalue weighted by atomic mass is 10.1. The number of nitrogens with zero attached hydrogens (tertiary/aromatic N) is 1. The van der Waals surface area contributed by atoms with Gasteiger partial charge < -0.3 is 18.9 Å². The van der Waals surface area contributed by atoms with E-state index in [0.29, 0.717) is 22.5 Å².